The summed E-state index contributed by atoms with van der Waals surface area (Å²) in [6.45, 7) is 5.73. The van der Waals surface area contributed by atoms with Gasteiger partial charge in [-0.05, 0) is 50.0 Å². The highest BCUT2D eigenvalue weighted by Gasteiger charge is 2.24. The van der Waals surface area contributed by atoms with Gasteiger partial charge in [0.05, 0.1) is 29.4 Å². The molecular weight excluding hydrogens is 435 g/mol. The molecule has 1 atom stereocenters. The van der Waals surface area contributed by atoms with Crippen LogP contribution < -0.4 is 11.5 Å². The second-order valence-corrected chi connectivity index (χ2v) is 6.98. The Morgan fingerprint density at radius 3 is 2.55 bits per heavy atom. The Labute approximate surface area is 193 Å². The molecule has 2 aromatic rings. The smallest absolute Gasteiger partial charge is 0.254 e. The highest BCUT2D eigenvalue weighted by molar-refractivity contribution is 6.30. The van der Waals surface area contributed by atoms with Crippen LogP contribution in [0.4, 0.5) is 0 Å². The first-order chi connectivity index (χ1) is 14.9. The molecule has 4 N–H and O–H groups in total. The molecule has 1 amide bonds. The van der Waals surface area contributed by atoms with Gasteiger partial charge in [0, 0.05) is 28.9 Å². The van der Waals surface area contributed by atoms with E-state index in [2.05, 4.69) is 21.7 Å². The summed E-state index contributed by atoms with van der Waals surface area (Å²) in [6, 6.07) is 6.97. The number of carbonyl (C=O) groups excluding carboxylic acids is 1. The van der Waals surface area contributed by atoms with Gasteiger partial charge in [0.2, 0.25) is 0 Å². The molecule has 1 aromatic carbocycles. The molecule has 1 aliphatic rings. The molecule has 9 heteroatoms. The number of allylic oxidation sites excluding steroid dienone is 1. The first-order valence-electron chi connectivity index (χ1n) is 9.86. The van der Waals surface area contributed by atoms with Crippen molar-refractivity contribution in [2.45, 2.75) is 39.5 Å². The molecule has 31 heavy (non-hydrogen) atoms. The summed E-state index contributed by atoms with van der Waals surface area (Å²) < 4.78 is 1.56. The SMILES string of the molecule is CC.CC(C(=O)N=C(N)/C=C(\N)C1CC1)c1cnn(-c2cc(Cl)cc(C#N)c2)c1.CCl. The van der Waals surface area contributed by atoms with Gasteiger partial charge < -0.3 is 11.5 Å². The second kappa shape index (κ2) is 12.8. The number of nitrogens with zero attached hydrogens (tertiary/aromatic N) is 4. The van der Waals surface area contributed by atoms with Crippen LogP contribution in [-0.4, -0.2) is 27.9 Å². The van der Waals surface area contributed by atoms with Crippen molar-refractivity contribution in [1.82, 2.24) is 9.78 Å². The van der Waals surface area contributed by atoms with Crippen LogP contribution in [0.2, 0.25) is 5.02 Å². The highest BCUT2D eigenvalue weighted by atomic mass is 35.5. The lowest BCUT2D eigenvalue weighted by atomic mass is 10.1. The van der Waals surface area contributed by atoms with Gasteiger partial charge in [0.1, 0.15) is 5.84 Å². The van der Waals surface area contributed by atoms with E-state index in [1.807, 2.05) is 19.9 Å². The summed E-state index contributed by atoms with van der Waals surface area (Å²) in [5, 5.41) is 13.7. The monoisotopic (exact) mass is 462 g/mol. The quantitative estimate of drug-likeness (QED) is 0.383. The Balaban J connectivity index is 0.00000113. The van der Waals surface area contributed by atoms with Crippen molar-refractivity contribution in [2.75, 3.05) is 6.38 Å². The molecule has 1 saturated carbocycles. The zero-order chi connectivity index (χ0) is 23.6. The number of nitrogens with two attached hydrogens (primary N) is 2. The maximum atomic E-state index is 12.4. The van der Waals surface area contributed by atoms with Crippen molar-refractivity contribution in [2.24, 2.45) is 22.4 Å². The predicted molar refractivity (Wildman–Crippen MR) is 126 cm³/mol. The van der Waals surface area contributed by atoms with E-state index in [4.69, 9.17) is 28.3 Å². The highest BCUT2D eigenvalue weighted by Crippen LogP contribution is 2.33. The number of nitriles is 1. The number of amides is 1. The molecule has 0 aliphatic heterocycles. The first-order valence-corrected chi connectivity index (χ1v) is 11.0. The van der Waals surface area contributed by atoms with Gasteiger partial charge in [-0.15, -0.1) is 11.6 Å². The van der Waals surface area contributed by atoms with Crippen LogP contribution in [0, 0.1) is 17.2 Å². The number of halogens is 2. The van der Waals surface area contributed by atoms with Gasteiger partial charge in [-0.1, -0.05) is 25.4 Å². The number of carbonyl (C=O) groups is 1. The predicted octanol–water partition coefficient (Wildman–Crippen LogP) is 4.52. The largest absolute Gasteiger partial charge is 0.402 e. The van der Waals surface area contributed by atoms with E-state index in [0.717, 1.165) is 12.8 Å². The van der Waals surface area contributed by atoms with Gasteiger partial charge in [0.25, 0.3) is 5.91 Å². The summed E-state index contributed by atoms with van der Waals surface area (Å²) in [7, 11) is 0. The Bertz CT molecular complexity index is 986. The average Bonchev–Trinajstić information content (AvgIpc) is 3.52. The molecule has 0 spiro atoms. The summed E-state index contributed by atoms with van der Waals surface area (Å²) >= 11 is 10.7. The number of hydrogen-bond donors (Lipinski definition) is 2. The van der Waals surface area contributed by atoms with E-state index in [-0.39, 0.29) is 11.7 Å². The van der Waals surface area contributed by atoms with Gasteiger partial charge in [-0.25, -0.2) is 4.68 Å². The van der Waals surface area contributed by atoms with Gasteiger partial charge in [-0.2, -0.15) is 15.4 Å². The molecule has 0 radical (unpaired) electrons. The van der Waals surface area contributed by atoms with Crippen molar-refractivity contribution in [3.8, 4) is 11.8 Å². The number of benzene rings is 1. The Hall–Kier alpha value is -2.82. The van der Waals surface area contributed by atoms with Crippen molar-refractivity contribution in [3.63, 3.8) is 0 Å². The number of rotatable bonds is 5. The number of aliphatic imine (C=N–C) groups is 1. The molecule has 0 bridgehead atoms. The molecule has 3 rings (SSSR count). The molecule has 1 aromatic heterocycles. The van der Waals surface area contributed by atoms with Crippen LogP contribution >= 0.6 is 23.2 Å². The zero-order valence-electron chi connectivity index (χ0n) is 18.1. The number of aromatic nitrogens is 2. The average molecular weight is 463 g/mol. The van der Waals surface area contributed by atoms with Crippen molar-refractivity contribution >= 4 is 34.9 Å². The third-order valence-corrected chi connectivity index (χ3v) is 4.57. The molecule has 0 saturated heterocycles. The Morgan fingerprint density at radius 2 is 1.97 bits per heavy atom. The van der Waals surface area contributed by atoms with E-state index in [1.54, 1.807) is 48.3 Å². The maximum absolute atomic E-state index is 12.4. The molecule has 166 valence electrons. The minimum Gasteiger partial charge on any atom is -0.402 e. The standard InChI is InChI=1S/C19H19ClN6O.C2H6.CH3Cl/c1-11(19(27)25-18(23)7-17(22)13-2-3-13)14-9-24-26(10-14)16-5-12(8-21)4-15(20)6-16;2*1-2/h4-7,9-11,13H,2-3,22H2,1H3,(H2,23,25,27);1-2H3;1H3/b17-7-;;. The molecule has 1 heterocycles. The normalized spacial score (nSPS) is 14.4. The fourth-order valence-corrected chi connectivity index (χ4v) is 2.81. The number of alkyl halides is 1. The molecular formula is C22H28Cl2N6O. The maximum Gasteiger partial charge on any atom is 0.254 e. The van der Waals surface area contributed by atoms with E-state index in [9.17, 15) is 4.79 Å². The van der Waals surface area contributed by atoms with Crippen molar-refractivity contribution in [3.05, 3.63) is 58.5 Å². The lowest BCUT2D eigenvalue weighted by Gasteiger charge is -2.05. The lowest BCUT2D eigenvalue weighted by molar-refractivity contribution is -0.118. The number of amidine groups is 1. The van der Waals surface area contributed by atoms with Crippen molar-refractivity contribution in [1.29, 1.82) is 5.26 Å². The van der Waals surface area contributed by atoms with Gasteiger partial charge in [-0.3, -0.25) is 4.79 Å². The van der Waals surface area contributed by atoms with Crippen molar-refractivity contribution < 1.29 is 4.79 Å². The molecule has 1 fully saturated rings. The third-order valence-electron chi connectivity index (χ3n) is 4.35. The van der Waals surface area contributed by atoms with E-state index in [0.29, 0.717) is 33.5 Å². The zero-order valence-corrected chi connectivity index (χ0v) is 19.7. The fourth-order valence-electron chi connectivity index (χ4n) is 2.58. The van der Waals surface area contributed by atoms with E-state index in [1.165, 1.54) is 6.38 Å². The third kappa shape index (κ3) is 7.74. The minimum absolute atomic E-state index is 0.108. The van der Waals surface area contributed by atoms with Gasteiger partial charge >= 0.3 is 0 Å². The first kappa shape index (κ1) is 26.2. The molecule has 1 aliphatic carbocycles. The molecule has 1 unspecified atom stereocenters. The summed E-state index contributed by atoms with van der Waals surface area (Å²) in [6.07, 6.45) is 8.42. The van der Waals surface area contributed by atoms with Crippen LogP contribution in [0.1, 0.15) is 50.7 Å². The summed E-state index contributed by atoms with van der Waals surface area (Å²) in [5.74, 6) is -0.434. The lowest BCUT2D eigenvalue weighted by Crippen LogP contribution is -2.17. The van der Waals surface area contributed by atoms with E-state index >= 15 is 0 Å². The van der Waals surface area contributed by atoms with Crippen LogP contribution in [0.15, 0.2) is 47.4 Å². The van der Waals surface area contributed by atoms with E-state index < -0.39 is 5.92 Å². The minimum atomic E-state index is -0.525. The van der Waals surface area contributed by atoms with Crippen LogP contribution in [-0.2, 0) is 4.79 Å². The van der Waals surface area contributed by atoms with Crippen LogP contribution in [0.25, 0.3) is 5.69 Å². The Morgan fingerprint density at radius 1 is 1.32 bits per heavy atom. The molecule has 7 nitrogen and oxygen atoms in total. The summed E-state index contributed by atoms with van der Waals surface area (Å²) in [4.78, 5) is 16.3. The van der Waals surface area contributed by atoms with Crippen LogP contribution in [0.5, 0.6) is 0 Å². The summed E-state index contributed by atoms with van der Waals surface area (Å²) in [5.41, 5.74) is 14.1. The van der Waals surface area contributed by atoms with Crippen LogP contribution in [0.3, 0.4) is 0 Å². The topological polar surface area (TPSA) is 123 Å². The number of hydrogen-bond acceptors (Lipinski definition) is 4. The second-order valence-electron chi connectivity index (χ2n) is 6.54. The van der Waals surface area contributed by atoms with Gasteiger partial charge in [0.15, 0.2) is 0 Å². The fraction of sp³-hybridized carbons (Fsp3) is 0.364. The Kier molecular flexibility index (Phi) is 10.8.